The molecule has 0 aromatic rings. The fraction of sp³-hybridized carbons (Fsp3) is 0.806. The number of esters is 1. The predicted octanol–water partition coefficient (Wildman–Crippen LogP) is 9.48. The van der Waals surface area contributed by atoms with Crippen molar-refractivity contribution in [3.8, 4) is 0 Å². The number of rotatable bonds is 32. The number of carbonyl (C=O) groups is 1. The maximum atomic E-state index is 12.2. The normalized spacial score (nSPS) is 14.5. The van der Waals surface area contributed by atoms with Crippen molar-refractivity contribution in [3.63, 3.8) is 0 Å². The Morgan fingerprint density at radius 3 is 1.78 bits per heavy atom. The van der Waals surface area contributed by atoms with Crippen molar-refractivity contribution in [2.75, 3.05) is 54.1 Å². The Kier molecular flexibility index (Phi) is 29.2. The van der Waals surface area contributed by atoms with Crippen LogP contribution in [0, 0.1) is 0 Å². The molecule has 0 heterocycles. The van der Waals surface area contributed by atoms with Crippen molar-refractivity contribution in [1.82, 2.24) is 0 Å². The Labute approximate surface area is 276 Å². The molecule has 9 heteroatoms. The van der Waals surface area contributed by atoms with Crippen LogP contribution in [0.5, 0.6) is 0 Å². The molecule has 0 saturated heterocycles. The van der Waals surface area contributed by atoms with E-state index in [-0.39, 0.29) is 32.2 Å². The molecule has 0 aliphatic carbocycles. The number of quaternary nitrogens is 1. The minimum atomic E-state index is -4.24. The van der Waals surface area contributed by atoms with E-state index in [1.165, 1.54) is 70.6 Å². The molecular formula is C36H69NO7P+. The first-order chi connectivity index (χ1) is 21.6. The molecule has 0 spiro atoms. The Bertz CT molecular complexity index is 823. The molecule has 0 radical (unpaired) electrons. The quantitative estimate of drug-likeness (QED) is 0.0253. The Hall–Kier alpha value is -1.28. The lowest BCUT2D eigenvalue weighted by atomic mass is 10.1. The maximum absolute atomic E-state index is 12.2. The van der Waals surface area contributed by atoms with E-state index in [0.717, 1.165) is 32.1 Å². The summed E-state index contributed by atoms with van der Waals surface area (Å²) in [6.07, 6.45) is 33.3. The largest absolute Gasteiger partial charge is 0.472 e. The molecule has 0 saturated carbocycles. The van der Waals surface area contributed by atoms with E-state index in [1.54, 1.807) is 0 Å². The summed E-state index contributed by atoms with van der Waals surface area (Å²) >= 11 is 0. The first kappa shape index (κ1) is 43.7. The average molecular weight is 659 g/mol. The van der Waals surface area contributed by atoms with E-state index in [4.69, 9.17) is 18.5 Å². The van der Waals surface area contributed by atoms with Crippen molar-refractivity contribution < 1.29 is 37.3 Å². The van der Waals surface area contributed by atoms with Crippen LogP contribution in [-0.4, -0.2) is 75.6 Å². The topological polar surface area (TPSA) is 91.3 Å². The van der Waals surface area contributed by atoms with E-state index in [0.29, 0.717) is 24.1 Å². The van der Waals surface area contributed by atoms with Crippen LogP contribution in [0.15, 0.2) is 36.5 Å². The summed E-state index contributed by atoms with van der Waals surface area (Å²) in [5.41, 5.74) is 0. The molecule has 2 unspecified atom stereocenters. The second-order valence-corrected chi connectivity index (χ2v) is 14.4. The van der Waals surface area contributed by atoms with Crippen molar-refractivity contribution >= 4 is 13.8 Å². The van der Waals surface area contributed by atoms with Crippen molar-refractivity contribution in [2.45, 2.75) is 136 Å². The number of likely N-dealkylation sites (N-methyl/N-ethyl adjacent to an activating group) is 1. The van der Waals surface area contributed by atoms with Gasteiger partial charge in [0.05, 0.1) is 34.4 Å². The van der Waals surface area contributed by atoms with Gasteiger partial charge in [0.2, 0.25) is 0 Å². The molecule has 0 fully saturated rings. The highest BCUT2D eigenvalue weighted by atomic mass is 31.2. The Balaban J connectivity index is 3.86. The number of nitrogens with zero attached hydrogens (tertiary/aromatic N) is 1. The molecule has 0 aliphatic rings. The summed E-state index contributed by atoms with van der Waals surface area (Å²) in [6, 6.07) is 0. The number of unbranched alkanes of at least 4 members (excludes halogenated alkanes) is 12. The summed E-state index contributed by atoms with van der Waals surface area (Å²) in [6.45, 7) is 5.20. The van der Waals surface area contributed by atoms with Crippen LogP contribution < -0.4 is 0 Å². The van der Waals surface area contributed by atoms with Crippen LogP contribution in [-0.2, 0) is 27.9 Å². The lowest BCUT2D eigenvalue weighted by Crippen LogP contribution is -2.37. The second-order valence-electron chi connectivity index (χ2n) is 12.9. The van der Waals surface area contributed by atoms with Gasteiger partial charge in [0.25, 0.3) is 0 Å². The third kappa shape index (κ3) is 33.9. The van der Waals surface area contributed by atoms with E-state index >= 15 is 0 Å². The molecule has 0 aliphatic heterocycles. The summed E-state index contributed by atoms with van der Waals surface area (Å²) in [5, 5.41) is 0. The summed E-state index contributed by atoms with van der Waals surface area (Å²) in [5.74, 6) is -0.372. The first-order valence-electron chi connectivity index (χ1n) is 17.7. The summed E-state index contributed by atoms with van der Waals surface area (Å²) in [4.78, 5) is 22.0. The lowest BCUT2D eigenvalue weighted by Gasteiger charge is -2.24. The Morgan fingerprint density at radius 1 is 0.689 bits per heavy atom. The molecule has 45 heavy (non-hydrogen) atoms. The number of hydrogen-bond donors (Lipinski definition) is 1. The number of hydrogen-bond acceptors (Lipinski definition) is 6. The van der Waals surface area contributed by atoms with Gasteiger partial charge in [-0.25, -0.2) is 4.57 Å². The molecule has 0 bridgehead atoms. The number of allylic oxidation sites excluding steroid dienone is 6. The van der Waals surface area contributed by atoms with E-state index in [2.05, 4.69) is 43.4 Å². The van der Waals surface area contributed by atoms with Crippen LogP contribution in [0.3, 0.4) is 0 Å². The van der Waals surface area contributed by atoms with E-state index in [1.807, 2.05) is 28.1 Å². The van der Waals surface area contributed by atoms with Crippen molar-refractivity contribution in [3.05, 3.63) is 36.5 Å². The number of phosphoric ester groups is 1. The fourth-order valence-electron chi connectivity index (χ4n) is 4.42. The van der Waals surface area contributed by atoms with Gasteiger partial charge in [-0.2, -0.15) is 0 Å². The minimum absolute atomic E-state index is 0.0841. The molecule has 0 aromatic carbocycles. The van der Waals surface area contributed by atoms with Crippen molar-refractivity contribution in [2.24, 2.45) is 0 Å². The fourth-order valence-corrected chi connectivity index (χ4v) is 5.16. The maximum Gasteiger partial charge on any atom is 0.472 e. The van der Waals surface area contributed by atoms with Crippen LogP contribution in [0.25, 0.3) is 0 Å². The van der Waals surface area contributed by atoms with Gasteiger partial charge in [0, 0.05) is 13.0 Å². The molecule has 0 rings (SSSR count). The van der Waals surface area contributed by atoms with Crippen molar-refractivity contribution in [1.29, 1.82) is 0 Å². The zero-order chi connectivity index (χ0) is 33.5. The first-order valence-corrected chi connectivity index (χ1v) is 19.2. The molecular weight excluding hydrogens is 589 g/mol. The van der Waals surface area contributed by atoms with Gasteiger partial charge in [-0.15, -0.1) is 0 Å². The van der Waals surface area contributed by atoms with Crippen LogP contribution in [0.2, 0.25) is 0 Å². The molecule has 1 N–H and O–H groups in total. The number of carbonyl (C=O) groups excluding carboxylic acids is 1. The summed E-state index contributed by atoms with van der Waals surface area (Å²) < 4.78 is 34.1. The third-order valence-electron chi connectivity index (χ3n) is 7.17. The van der Waals surface area contributed by atoms with Crippen LogP contribution >= 0.6 is 7.82 Å². The third-order valence-corrected chi connectivity index (χ3v) is 8.16. The van der Waals surface area contributed by atoms with Gasteiger partial charge in [0.1, 0.15) is 19.3 Å². The standard InChI is InChI=1S/C36H68NO7P/c1-6-8-9-10-11-12-13-14-15-16-17-18-19-20-21-22-23-24-25-26-27-28-31-41-33-35(44-36(38)29-7-2)34-43-45(39,40)42-32-30-37(3,4)5/h13-14,16-17,19-20,35H,6-12,15,18,21-34H2,1-5H3/p+1/b14-13-,17-16-,20-19-. The summed E-state index contributed by atoms with van der Waals surface area (Å²) in [7, 11) is 1.65. The smallest absolute Gasteiger partial charge is 0.457 e. The highest BCUT2D eigenvalue weighted by molar-refractivity contribution is 7.47. The molecule has 0 amide bonds. The number of phosphoric acid groups is 1. The number of ether oxygens (including phenoxy) is 2. The zero-order valence-electron chi connectivity index (χ0n) is 29.6. The minimum Gasteiger partial charge on any atom is -0.457 e. The highest BCUT2D eigenvalue weighted by Gasteiger charge is 2.26. The lowest BCUT2D eigenvalue weighted by molar-refractivity contribution is -0.870. The predicted molar refractivity (Wildman–Crippen MR) is 187 cm³/mol. The molecule has 2 atom stereocenters. The SMILES string of the molecule is CCCCCCC/C=C\C/C=C\C/C=C\CCCCCCCCCOCC(COP(=O)(O)OCC[N+](C)(C)C)OC(=O)CCC. The van der Waals surface area contributed by atoms with Crippen LogP contribution in [0.1, 0.15) is 129 Å². The van der Waals surface area contributed by atoms with Gasteiger partial charge >= 0.3 is 13.8 Å². The van der Waals surface area contributed by atoms with Gasteiger partial charge in [-0.1, -0.05) is 108 Å². The van der Waals surface area contributed by atoms with Gasteiger partial charge in [-0.3, -0.25) is 13.8 Å². The monoisotopic (exact) mass is 658 g/mol. The van der Waals surface area contributed by atoms with Gasteiger partial charge < -0.3 is 18.9 Å². The van der Waals surface area contributed by atoms with Crippen LogP contribution in [0.4, 0.5) is 0 Å². The Morgan fingerprint density at radius 2 is 1.22 bits per heavy atom. The average Bonchev–Trinajstić information content (AvgIpc) is 2.97. The second kappa shape index (κ2) is 30.1. The molecule has 264 valence electrons. The van der Waals surface area contributed by atoms with E-state index < -0.39 is 13.9 Å². The highest BCUT2D eigenvalue weighted by Crippen LogP contribution is 2.43. The van der Waals surface area contributed by atoms with Gasteiger partial charge in [-0.05, 0) is 51.4 Å². The van der Waals surface area contributed by atoms with Gasteiger partial charge in [0.15, 0.2) is 0 Å². The molecule has 0 aromatic heterocycles. The van der Waals surface area contributed by atoms with E-state index in [9.17, 15) is 14.3 Å². The zero-order valence-corrected chi connectivity index (χ0v) is 30.5. The molecule has 8 nitrogen and oxygen atoms in total.